The first-order chi connectivity index (χ1) is 20.1. The predicted molar refractivity (Wildman–Crippen MR) is 164 cm³/mol. The van der Waals surface area contributed by atoms with E-state index in [1.807, 2.05) is 32.0 Å². The Kier molecular flexibility index (Phi) is 12.0. The van der Waals surface area contributed by atoms with E-state index in [0.717, 1.165) is 47.0 Å². The van der Waals surface area contributed by atoms with Gasteiger partial charge in [-0.15, -0.1) is 18.0 Å². The van der Waals surface area contributed by atoms with Crippen molar-refractivity contribution in [3.05, 3.63) is 63.4 Å². The van der Waals surface area contributed by atoms with Gasteiger partial charge in [-0.25, -0.2) is 9.29 Å². The number of rotatable bonds is 9. The van der Waals surface area contributed by atoms with Gasteiger partial charge >= 0.3 is 0 Å². The van der Waals surface area contributed by atoms with Gasteiger partial charge in [0.1, 0.15) is 24.2 Å². The number of nitrogens with zero attached hydrogens (tertiary/aromatic N) is 2. The molecule has 1 unspecified atom stereocenters. The van der Waals surface area contributed by atoms with Gasteiger partial charge in [-0.1, -0.05) is 42.6 Å². The molecule has 1 aliphatic carbocycles. The van der Waals surface area contributed by atoms with Crippen molar-refractivity contribution in [1.29, 1.82) is 0 Å². The first-order valence-corrected chi connectivity index (χ1v) is 14.8. The monoisotopic (exact) mass is 616 g/mol. The van der Waals surface area contributed by atoms with Crippen LogP contribution in [0.1, 0.15) is 57.6 Å². The largest absolute Gasteiger partial charge is 0.476 e. The third kappa shape index (κ3) is 7.33. The molecule has 0 saturated heterocycles. The molecule has 7 nitrogen and oxygen atoms in total. The van der Waals surface area contributed by atoms with Crippen molar-refractivity contribution < 1.29 is 28.2 Å². The molecule has 4 rings (SSSR count). The molecular weight excluding hydrogens is 582 g/mol. The zero-order valence-electron chi connectivity index (χ0n) is 24.3. The number of imide groups is 1. The Morgan fingerprint density at radius 2 is 1.81 bits per heavy atom. The number of carbonyl (C=O) groups excluding carboxylic acids is 3. The molecule has 2 aliphatic rings. The minimum atomic E-state index is -0.762. The van der Waals surface area contributed by atoms with Gasteiger partial charge in [0.2, 0.25) is 5.91 Å². The number of para-hydroxylation sites is 1. The number of aryl methyl sites for hydroxylation is 2. The lowest BCUT2D eigenvalue weighted by molar-refractivity contribution is -0.121. The fourth-order valence-electron chi connectivity index (χ4n) is 4.87. The van der Waals surface area contributed by atoms with E-state index >= 15 is 0 Å². The van der Waals surface area contributed by atoms with E-state index < -0.39 is 23.7 Å². The molecule has 10 heteroatoms. The smallest absolute Gasteiger partial charge is 0.261 e. The molecule has 42 heavy (non-hydrogen) atoms. The first-order valence-electron chi connectivity index (χ1n) is 13.8. The summed E-state index contributed by atoms with van der Waals surface area (Å²) in [5.41, 5.74) is 3.93. The summed E-state index contributed by atoms with van der Waals surface area (Å²) in [5.74, 6) is 0.640. The van der Waals surface area contributed by atoms with Crippen LogP contribution in [0.2, 0.25) is 5.02 Å². The van der Waals surface area contributed by atoms with Crippen LogP contribution in [0.5, 0.6) is 5.75 Å². The summed E-state index contributed by atoms with van der Waals surface area (Å²) in [4.78, 5) is 39.6. The van der Waals surface area contributed by atoms with Crippen molar-refractivity contribution in [3.63, 3.8) is 0 Å². The van der Waals surface area contributed by atoms with Crippen molar-refractivity contribution in [1.82, 2.24) is 0 Å². The average Bonchev–Trinajstić information content (AvgIpc) is 3.24. The minimum absolute atomic E-state index is 0.0233. The highest BCUT2D eigenvalue weighted by Gasteiger charge is 2.41. The van der Waals surface area contributed by atoms with Crippen LogP contribution in [0.15, 0.2) is 41.5 Å². The van der Waals surface area contributed by atoms with Crippen LogP contribution in [0.25, 0.3) is 0 Å². The van der Waals surface area contributed by atoms with Crippen LogP contribution < -0.4 is 14.5 Å². The summed E-state index contributed by atoms with van der Waals surface area (Å²) in [6, 6.07) is 8.30. The van der Waals surface area contributed by atoms with Gasteiger partial charge in [-0.2, -0.15) is 0 Å². The Morgan fingerprint density at radius 1 is 1.17 bits per heavy atom. The third-order valence-corrected chi connectivity index (χ3v) is 7.51. The van der Waals surface area contributed by atoms with E-state index in [9.17, 15) is 18.8 Å². The number of benzene rings is 2. The standard InChI is InChI=1S/C18H15ClFNO3.C14H20ClNO2/c1-3-10(2)24-16-9-15(14(20)8-13(16)19)21-17(22)11-6-4-5-7-12(11)18(21)23;1-4-12-8-6-7-11(3)14(12)16(10-18-5-2)13(17)9-15/h1,8-10H,4-7H2,2H3;6-8H,4-5,9-10H2,1-3H3. The van der Waals surface area contributed by atoms with Crippen molar-refractivity contribution in [2.75, 3.05) is 29.0 Å². The average molecular weight is 618 g/mol. The van der Waals surface area contributed by atoms with Gasteiger partial charge in [-0.3, -0.25) is 19.3 Å². The van der Waals surface area contributed by atoms with Crippen LogP contribution in [-0.2, 0) is 25.5 Å². The maximum absolute atomic E-state index is 14.4. The highest BCUT2D eigenvalue weighted by molar-refractivity contribution is 6.34. The Balaban J connectivity index is 0.000000241. The number of halogens is 3. The van der Waals surface area contributed by atoms with Crippen molar-refractivity contribution in [3.8, 4) is 18.1 Å². The fraction of sp³-hybridized carbons (Fsp3) is 0.406. The number of terminal acetylenes is 1. The van der Waals surface area contributed by atoms with Gasteiger partial charge in [0.25, 0.3) is 11.8 Å². The molecular formula is C32H35Cl2FN2O5. The van der Waals surface area contributed by atoms with Gasteiger partial charge < -0.3 is 9.47 Å². The number of anilines is 2. The third-order valence-electron chi connectivity index (χ3n) is 6.98. The SMILES string of the molecule is C#CC(C)Oc1cc(N2C(=O)C3=C(CCCC3)C2=O)c(F)cc1Cl.CCOCN(C(=O)CCl)c1c(C)cccc1CC. The quantitative estimate of drug-likeness (QED) is 0.135. The van der Waals surface area contributed by atoms with Crippen molar-refractivity contribution >= 4 is 52.3 Å². The molecule has 2 aromatic rings. The zero-order valence-corrected chi connectivity index (χ0v) is 25.8. The van der Waals surface area contributed by atoms with Crippen LogP contribution in [-0.4, -0.2) is 43.0 Å². The van der Waals surface area contributed by atoms with E-state index in [1.165, 1.54) is 6.07 Å². The Bertz CT molecular complexity index is 1390. The molecule has 0 fully saturated rings. The van der Waals surface area contributed by atoms with Crippen LogP contribution in [0.4, 0.5) is 15.8 Å². The highest BCUT2D eigenvalue weighted by Crippen LogP contribution is 2.39. The molecule has 0 spiro atoms. The number of carbonyl (C=O) groups is 3. The van der Waals surface area contributed by atoms with E-state index in [4.69, 9.17) is 39.1 Å². The van der Waals surface area contributed by atoms with Gasteiger partial charge in [0, 0.05) is 23.8 Å². The maximum atomic E-state index is 14.4. The van der Waals surface area contributed by atoms with Crippen LogP contribution >= 0.6 is 23.2 Å². The van der Waals surface area contributed by atoms with Crippen LogP contribution in [0, 0.1) is 25.1 Å². The van der Waals surface area contributed by atoms with Crippen LogP contribution in [0.3, 0.4) is 0 Å². The molecule has 224 valence electrons. The highest BCUT2D eigenvalue weighted by atomic mass is 35.5. The van der Waals surface area contributed by atoms with E-state index in [0.29, 0.717) is 30.6 Å². The Hall–Kier alpha value is -3.38. The second kappa shape index (κ2) is 15.2. The lowest BCUT2D eigenvalue weighted by atomic mass is 9.93. The second-order valence-corrected chi connectivity index (χ2v) is 10.5. The number of hydrogen-bond acceptors (Lipinski definition) is 5. The second-order valence-electron chi connectivity index (χ2n) is 9.78. The fourth-order valence-corrected chi connectivity index (χ4v) is 5.21. The molecule has 0 aromatic heterocycles. The summed E-state index contributed by atoms with van der Waals surface area (Å²) in [5, 5.41) is 0.0233. The van der Waals surface area contributed by atoms with Crippen molar-refractivity contribution in [2.45, 2.75) is 65.9 Å². The predicted octanol–water partition coefficient (Wildman–Crippen LogP) is 6.75. The summed E-state index contributed by atoms with van der Waals surface area (Å²) in [6.45, 7) is 8.42. The van der Waals surface area contributed by atoms with E-state index in [-0.39, 0.29) is 35.0 Å². The normalized spacial score (nSPS) is 15.0. The molecule has 2 aromatic carbocycles. The molecule has 0 bridgehead atoms. The molecule has 3 amide bonds. The summed E-state index contributed by atoms with van der Waals surface area (Å²) >= 11 is 11.6. The number of hydrogen-bond donors (Lipinski definition) is 0. The number of amides is 3. The zero-order chi connectivity index (χ0) is 31.0. The van der Waals surface area contributed by atoms with Crippen molar-refractivity contribution in [2.24, 2.45) is 0 Å². The number of alkyl halides is 1. The Morgan fingerprint density at radius 3 is 2.36 bits per heavy atom. The lowest BCUT2D eigenvalue weighted by Gasteiger charge is -2.25. The van der Waals surface area contributed by atoms with Gasteiger partial charge in [-0.05, 0) is 70.1 Å². The summed E-state index contributed by atoms with van der Waals surface area (Å²) in [7, 11) is 0. The van der Waals surface area contributed by atoms with Gasteiger partial charge in [0.15, 0.2) is 6.10 Å². The summed E-state index contributed by atoms with van der Waals surface area (Å²) in [6.07, 6.45) is 8.34. The van der Waals surface area contributed by atoms with Gasteiger partial charge in [0.05, 0.1) is 16.4 Å². The summed E-state index contributed by atoms with van der Waals surface area (Å²) < 4.78 is 25.2. The molecule has 0 radical (unpaired) electrons. The van der Waals surface area contributed by atoms with E-state index in [2.05, 4.69) is 12.8 Å². The topological polar surface area (TPSA) is 76.2 Å². The number of ether oxygens (including phenoxy) is 2. The molecule has 0 saturated carbocycles. The molecule has 1 atom stereocenters. The lowest BCUT2D eigenvalue weighted by Crippen LogP contribution is -2.35. The minimum Gasteiger partial charge on any atom is -0.476 e. The Labute approximate surface area is 256 Å². The molecule has 1 heterocycles. The maximum Gasteiger partial charge on any atom is 0.261 e. The molecule has 1 aliphatic heterocycles. The molecule has 0 N–H and O–H groups in total. The van der Waals surface area contributed by atoms with E-state index in [1.54, 1.807) is 11.8 Å². The first kappa shape index (κ1) is 33.1.